The highest BCUT2D eigenvalue weighted by atomic mass is 16.5. The third-order valence-electron chi connectivity index (χ3n) is 4.25. The number of carbonyl (C=O) groups is 1. The van der Waals surface area contributed by atoms with E-state index in [1.807, 2.05) is 35.2 Å². The van der Waals surface area contributed by atoms with Crippen LogP contribution >= 0.6 is 0 Å². The number of amides is 1. The molecular formula is C21H27NO2. The highest BCUT2D eigenvalue weighted by Gasteiger charge is 2.40. The Kier molecular flexibility index (Phi) is 6.86. The first kappa shape index (κ1) is 18.1. The zero-order chi connectivity index (χ0) is 17.4. The maximum atomic E-state index is 12.9. The van der Waals surface area contributed by atoms with Crippen LogP contribution in [0, 0.1) is 0 Å². The third-order valence-corrected chi connectivity index (χ3v) is 4.25. The lowest BCUT2D eigenvalue weighted by molar-refractivity contribution is -0.129. The number of nitrogens with zero attached hydrogens (tertiary/aromatic N) is 1. The van der Waals surface area contributed by atoms with Crippen molar-refractivity contribution in [3.63, 3.8) is 0 Å². The van der Waals surface area contributed by atoms with Gasteiger partial charge in [0.05, 0.1) is 6.04 Å². The van der Waals surface area contributed by atoms with Crippen molar-refractivity contribution in [2.45, 2.75) is 38.6 Å². The van der Waals surface area contributed by atoms with E-state index in [0.29, 0.717) is 18.9 Å². The van der Waals surface area contributed by atoms with E-state index in [0.717, 1.165) is 36.8 Å². The highest BCUT2D eigenvalue weighted by Crippen LogP contribution is 2.37. The van der Waals surface area contributed by atoms with Gasteiger partial charge in [0.15, 0.2) is 5.76 Å². The molecule has 1 aliphatic rings. The van der Waals surface area contributed by atoms with Crippen LogP contribution in [0.15, 0.2) is 61.4 Å². The summed E-state index contributed by atoms with van der Waals surface area (Å²) in [6.45, 7) is 10.6. The van der Waals surface area contributed by atoms with Crippen molar-refractivity contribution in [1.29, 1.82) is 0 Å². The average Bonchev–Trinajstić information content (AvgIpc) is 2.86. The minimum Gasteiger partial charge on any atom is -0.483 e. The molecule has 1 amide bonds. The van der Waals surface area contributed by atoms with Crippen LogP contribution in [0.4, 0.5) is 0 Å². The second-order valence-corrected chi connectivity index (χ2v) is 5.97. The Morgan fingerprint density at radius 1 is 1.17 bits per heavy atom. The highest BCUT2D eigenvalue weighted by molar-refractivity contribution is 6.05. The zero-order valence-electron chi connectivity index (χ0n) is 14.5. The van der Waals surface area contributed by atoms with Crippen molar-refractivity contribution >= 4 is 11.5 Å². The van der Waals surface area contributed by atoms with Crippen LogP contribution < -0.4 is 0 Å². The summed E-state index contributed by atoms with van der Waals surface area (Å²) in [5.74, 6) is 0.418. The molecular weight excluding hydrogens is 298 g/mol. The molecule has 3 nitrogen and oxygen atoms in total. The van der Waals surface area contributed by atoms with Gasteiger partial charge in [-0.05, 0) is 12.0 Å². The molecule has 0 saturated carbocycles. The average molecular weight is 325 g/mol. The lowest BCUT2D eigenvalue weighted by atomic mass is 9.95. The number of ether oxygens (including phenoxy) is 1. The van der Waals surface area contributed by atoms with Crippen LogP contribution in [-0.2, 0) is 9.53 Å². The normalized spacial score (nSPS) is 17.3. The fourth-order valence-electron chi connectivity index (χ4n) is 3.15. The van der Waals surface area contributed by atoms with Crippen LogP contribution in [0.1, 0.15) is 38.2 Å². The molecule has 0 fully saturated rings. The van der Waals surface area contributed by atoms with Crippen molar-refractivity contribution in [3.8, 4) is 0 Å². The number of hydrogen-bond acceptors (Lipinski definition) is 2. The van der Waals surface area contributed by atoms with Gasteiger partial charge in [-0.1, -0.05) is 75.2 Å². The summed E-state index contributed by atoms with van der Waals surface area (Å²) >= 11 is 0. The molecule has 0 aliphatic carbocycles. The maximum absolute atomic E-state index is 12.9. The molecule has 0 aromatic heterocycles. The Labute approximate surface area is 145 Å². The van der Waals surface area contributed by atoms with Crippen molar-refractivity contribution in [1.82, 2.24) is 4.90 Å². The van der Waals surface area contributed by atoms with E-state index in [1.54, 1.807) is 12.2 Å². The molecule has 0 radical (unpaired) electrons. The maximum Gasteiger partial charge on any atom is 0.290 e. The molecule has 2 rings (SSSR count). The summed E-state index contributed by atoms with van der Waals surface area (Å²) in [7, 11) is 0. The topological polar surface area (TPSA) is 29.5 Å². The lowest BCUT2D eigenvalue weighted by Crippen LogP contribution is -2.35. The quantitative estimate of drug-likeness (QED) is 0.465. The van der Waals surface area contributed by atoms with E-state index in [4.69, 9.17) is 4.74 Å². The summed E-state index contributed by atoms with van der Waals surface area (Å²) in [5, 5.41) is 0. The fourth-order valence-corrected chi connectivity index (χ4v) is 3.15. The first-order valence-corrected chi connectivity index (χ1v) is 8.69. The van der Waals surface area contributed by atoms with Crippen molar-refractivity contribution in [3.05, 3.63) is 67.0 Å². The molecule has 1 aromatic carbocycles. The van der Waals surface area contributed by atoms with Gasteiger partial charge in [-0.15, -0.1) is 6.58 Å². The Bertz CT molecular complexity index is 604. The standard InChI is InChI=1S/C21H27NO2/c1-4-7-9-14-18-19(17-12-10-8-11-13-17)20(24-16-6-3)21(23)22(18)15-5-2/h5-6,8,10-13,18H,2-4,7,9,14-16H2,1H3/t18-/m0/s1. The Balaban J connectivity index is 2.42. The molecule has 0 spiro atoms. The Morgan fingerprint density at radius 2 is 1.92 bits per heavy atom. The smallest absolute Gasteiger partial charge is 0.290 e. The Hall–Kier alpha value is -2.29. The van der Waals surface area contributed by atoms with Gasteiger partial charge >= 0.3 is 0 Å². The SMILES string of the molecule is C=CCOC1=C(c2ccccc2)[C@H](CCCCC)N(CC=C)C1=O. The van der Waals surface area contributed by atoms with Crippen LogP contribution in [0.5, 0.6) is 0 Å². The van der Waals surface area contributed by atoms with Crippen molar-refractivity contribution < 1.29 is 9.53 Å². The van der Waals surface area contributed by atoms with Gasteiger partial charge in [-0.2, -0.15) is 0 Å². The molecule has 0 N–H and O–H groups in total. The van der Waals surface area contributed by atoms with Crippen LogP contribution in [-0.4, -0.2) is 30.0 Å². The van der Waals surface area contributed by atoms with E-state index in [9.17, 15) is 4.79 Å². The molecule has 1 atom stereocenters. The van der Waals surface area contributed by atoms with E-state index >= 15 is 0 Å². The number of carbonyl (C=O) groups excluding carboxylic acids is 1. The summed E-state index contributed by atoms with van der Waals surface area (Å²) < 4.78 is 5.78. The van der Waals surface area contributed by atoms with Gasteiger partial charge in [0.25, 0.3) is 5.91 Å². The molecule has 1 aromatic rings. The molecule has 1 aliphatic heterocycles. The van der Waals surface area contributed by atoms with E-state index in [1.165, 1.54) is 0 Å². The molecule has 24 heavy (non-hydrogen) atoms. The summed E-state index contributed by atoms with van der Waals surface area (Å²) in [6.07, 6.45) is 7.81. The second kappa shape index (κ2) is 9.11. The number of hydrogen-bond donors (Lipinski definition) is 0. The van der Waals surface area contributed by atoms with Gasteiger partial charge < -0.3 is 9.64 Å². The minimum atomic E-state index is -0.0444. The summed E-state index contributed by atoms with van der Waals surface area (Å²) in [6, 6.07) is 10.1. The number of rotatable bonds is 10. The molecule has 1 heterocycles. The molecule has 0 unspecified atom stereocenters. The van der Waals surface area contributed by atoms with Crippen molar-refractivity contribution in [2.24, 2.45) is 0 Å². The molecule has 0 saturated heterocycles. The van der Waals surface area contributed by atoms with Gasteiger partial charge in [-0.25, -0.2) is 0 Å². The third kappa shape index (κ3) is 3.97. The monoisotopic (exact) mass is 325 g/mol. The van der Waals surface area contributed by atoms with Crippen LogP contribution in [0.25, 0.3) is 5.57 Å². The molecule has 3 heteroatoms. The fraction of sp³-hybridized carbons (Fsp3) is 0.381. The van der Waals surface area contributed by atoms with Gasteiger partial charge in [0, 0.05) is 12.1 Å². The van der Waals surface area contributed by atoms with Gasteiger partial charge in [0.1, 0.15) is 6.61 Å². The first-order valence-electron chi connectivity index (χ1n) is 8.69. The predicted octanol–water partition coefficient (Wildman–Crippen LogP) is 4.58. The van der Waals surface area contributed by atoms with Crippen LogP contribution in [0.2, 0.25) is 0 Å². The summed E-state index contributed by atoms with van der Waals surface area (Å²) in [5.41, 5.74) is 2.05. The first-order chi connectivity index (χ1) is 11.7. The van der Waals surface area contributed by atoms with E-state index in [-0.39, 0.29) is 11.9 Å². The number of benzene rings is 1. The minimum absolute atomic E-state index is 0.0444. The molecule has 0 bridgehead atoms. The van der Waals surface area contributed by atoms with Gasteiger partial charge in [-0.3, -0.25) is 4.79 Å². The Morgan fingerprint density at radius 3 is 2.54 bits per heavy atom. The number of unbranched alkanes of at least 4 members (excludes halogenated alkanes) is 2. The van der Waals surface area contributed by atoms with Crippen LogP contribution in [0.3, 0.4) is 0 Å². The zero-order valence-corrected chi connectivity index (χ0v) is 14.5. The van der Waals surface area contributed by atoms with E-state index in [2.05, 4.69) is 20.1 Å². The largest absolute Gasteiger partial charge is 0.483 e. The predicted molar refractivity (Wildman–Crippen MR) is 99.4 cm³/mol. The van der Waals surface area contributed by atoms with E-state index < -0.39 is 0 Å². The second-order valence-electron chi connectivity index (χ2n) is 5.97. The molecule has 128 valence electrons. The van der Waals surface area contributed by atoms with Crippen molar-refractivity contribution in [2.75, 3.05) is 13.2 Å². The van der Waals surface area contributed by atoms with Gasteiger partial charge in [0.2, 0.25) is 0 Å². The lowest BCUT2D eigenvalue weighted by Gasteiger charge is -2.25. The summed E-state index contributed by atoms with van der Waals surface area (Å²) in [4.78, 5) is 14.8.